The third-order valence-electron chi connectivity index (χ3n) is 2.02. The van der Waals surface area contributed by atoms with E-state index in [-0.39, 0.29) is 0 Å². The monoisotopic (exact) mass is 324 g/mol. The minimum Gasteiger partial charge on any atom is -0.477 e. The fourth-order valence-corrected chi connectivity index (χ4v) is 0.812. The van der Waals surface area contributed by atoms with E-state index in [0.29, 0.717) is 0 Å². The summed E-state index contributed by atoms with van der Waals surface area (Å²) in [6.07, 6.45) is -2.16. The van der Waals surface area contributed by atoms with Crippen LogP contribution in [0.3, 0.4) is 0 Å². The molecule has 0 heterocycles. The summed E-state index contributed by atoms with van der Waals surface area (Å²) in [5.74, 6) is -39.4. The lowest BCUT2D eigenvalue weighted by Crippen LogP contribution is -2.69. The number of hydrogen-bond acceptors (Lipinski definition) is 2. The van der Waals surface area contributed by atoms with Gasteiger partial charge in [0.1, 0.15) is 0 Å². The molecule has 3 nitrogen and oxygen atoms in total. The highest BCUT2D eigenvalue weighted by atomic mass is 19.4. The zero-order valence-electron chi connectivity index (χ0n) is 8.62. The Morgan fingerprint density at radius 3 is 1.35 bits per heavy atom. The summed E-state index contributed by atoms with van der Waals surface area (Å²) >= 11 is 0. The fraction of sp³-hybridized carbons (Fsp3) is 0.714. The maximum absolute atomic E-state index is 12.6. The van der Waals surface area contributed by atoms with Crippen LogP contribution >= 0.6 is 0 Å². The Morgan fingerprint density at radius 2 is 1.10 bits per heavy atom. The van der Waals surface area contributed by atoms with Gasteiger partial charge in [0.05, 0.1) is 0 Å². The normalized spacial score (nSPS) is 15.1. The first kappa shape index (κ1) is 18.4. The van der Waals surface area contributed by atoms with Crippen molar-refractivity contribution in [1.29, 1.82) is 0 Å². The first-order chi connectivity index (χ1) is 8.50. The van der Waals surface area contributed by atoms with Crippen LogP contribution in [0.15, 0.2) is 0 Å². The van der Waals surface area contributed by atoms with Crippen LogP contribution in [-0.4, -0.2) is 47.0 Å². The van der Waals surface area contributed by atoms with Crippen LogP contribution in [0.4, 0.5) is 43.9 Å². The molecule has 0 fully saturated rings. The van der Waals surface area contributed by atoms with Crippen molar-refractivity contribution >= 4 is 12.3 Å². The summed E-state index contributed by atoms with van der Waals surface area (Å²) in [7, 11) is 0. The Morgan fingerprint density at radius 1 is 0.750 bits per heavy atom. The lowest BCUT2D eigenvalue weighted by molar-refractivity contribution is -0.388. The molecule has 0 radical (unpaired) electrons. The van der Waals surface area contributed by atoms with E-state index in [4.69, 9.17) is 5.11 Å². The zero-order chi connectivity index (χ0) is 16.8. The number of halogens is 10. The standard InChI is InChI=1S/C7H2F10O3/c8-3(9,1-18)5(12,13)7(16,17)6(14,15)4(10,11)2(19)20/h1H,(H,19,20). The lowest BCUT2D eigenvalue weighted by atomic mass is 9.95. The van der Waals surface area contributed by atoms with Gasteiger partial charge in [-0.1, -0.05) is 0 Å². The zero-order valence-corrected chi connectivity index (χ0v) is 8.62. The van der Waals surface area contributed by atoms with Crippen molar-refractivity contribution in [3.63, 3.8) is 0 Å². The van der Waals surface area contributed by atoms with E-state index >= 15 is 0 Å². The number of carbonyl (C=O) groups excluding carboxylic acids is 1. The summed E-state index contributed by atoms with van der Waals surface area (Å²) in [5, 5.41) is 7.60. The van der Waals surface area contributed by atoms with E-state index in [1.807, 2.05) is 0 Å². The second-order valence-corrected chi connectivity index (χ2v) is 3.34. The van der Waals surface area contributed by atoms with Crippen molar-refractivity contribution < 1.29 is 58.6 Å². The van der Waals surface area contributed by atoms with Gasteiger partial charge in [-0.05, 0) is 0 Å². The summed E-state index contributed by atoms with van der Waals surface area (Å²) in [5.41, 5.74) is 0. The molecule has 0 aliphatic rings. The van der Waals surface area contributed by atoms with E-state index in [1.54, 1.807) is 0 Å². The second-order valence-electron chi connectivity index (χ2n) is 3.34. The van der Waals surface area contributed by atoms with Gasteiger partial charge in [0.15, 0.2) is 6.29 Å². The van der Waals surface area contributed by atoms with Gasteiger partial charge in [-0.2, -0.15) is 43.9 Å². The highest BCUT2D eigenvalue weighted by Gasteiger charge is 2.88. The van der Waals surface area contributed by atoms with E-state index in [2.05, 4.69) is 0 Å². The third-order valence-corrected chi connectivity index (χ3v) is 2.02. The van der Waals surface area contributed by atoms with E-state index in [9.17, 15) is 53.5 Å². The summed E-state index contributed by atoms with van der Waals surface area (Å²) in [6, 6.07) is 0. The van der Waals surface area contributed by atoms with Gasteiger partial charge in [0.25, 0.3) is 0 Å². The van der Waals surface area contributed by atoms with Gasteiger partial charge in [-0.15, -0.1) is 0 Å². The molecule has 13 heteroatoms. The third kappa shape index (κ3) is 2.08. The van der Waals surface area contributed by atoms with Crippen LogP contribution in [0.1, 0.15) is 0 Å². The number of aldehydes is 1. The molecule has 0 bridgehead atoms. The predicted molar refractivity (Wildman–Crippen MR) is 38.4 cm³/mol. The van der Waals surface area contributed by atoms with E-state index in [0.717, 1.165) is 0 Å². The molecule has 20 heavy (non-hydrogen) atoms. The highest BCUT2D eigenvalue weighted by Crippen LogP contribution is 2.56. The van der Waals surface area contributed by atoms with E-state index < -0.39 is 41.9 Å². The van der Waals surface area contributed by atoms with Crippen molar-refractivity contribution in [2.45, 2.75) is 29.6 Å². The number of carbonyl (C=O) groups is 2. The Balaban J connectivity index is 6.11. The topological polar surface area (TPSA) is 54.4 Å². The minimum atomic E-state index is -7.54. The minimum absolute atomic E-state index is 2.16. The number of carboxylic acid groups (broad SMARTS) is 1. The number of rotatable bonds is 6. The Labute approximate surface area is 102 Å². The van der Waals surface area contributed by atoms with Crippen molar-refractivity contribution in [2.75, 3.05) is 0 Å². The van der Waals surface area contributed by atoms with Crippen LogP contribution in [0.2, 0.25) is 0 Å². The van der Waals surface area contributed by atoms with Gasteiger partial charge in [-0.3, -0.25) is 4.79 Å². The van der Waals surface area contributed by atoms with Gasteiger partial charge in [0.2, 0.25) is 0 Å². The number of carboxylic acids is 1. The number of alkyl halides is 10. The lowest BCUT2D eigenvalue weighted by Gasteiger charge is -2.36. The first-order valence-corrected chi connectivity index (χ1v) is 4.09. The smallest absolute Gasteiger partial charge is 0.410 e. The average molecular weight is 324 g/mol. The predicted octanol–water partition coefficient (Wildman–Crippen LogP) is 2.45. The van der Waals surface area contributed by atoms with Crippen LogP contribution in [-0.2, 0) is 9.59 Å². The largest absolute Gasteiger partial charge is 0.477 e. The van der Waals surface area contributed by atoms with Gasteiger partial charge >= 0.3 is 35.6 Å². The van der Waals surface area contributed by atoms with Gasteiger partial charge in [0, 0.05) is 0 Å². The number of hydrogen-bond donors (Lipinski definition) is 1. The van der Waals surface area contributed by atoms with Crippen LogP contribution in [0, 0.1) is 0 Å². The van der Waals surface area contributed by atoms with Gasteiger partial charge < -0.3 is 5.11 Å². The van der Waals surface area contributed by atoms with Crippen LogP contribution in [0.5, 0.6) is 0 Å². The molecule has 0 atom stereocenters. The quantitative estimate of drug-likeness (QED) is 0.603. The molecule has 0 rings (SSSR count). The molecule has 0 aromatic carbocycles. The highest BCUT2D eigenvalue weighted by molar-refractivity contribution is 5.77. The summed E-state index contributed by atoms with van der Waals surface area (Å²) < 4.78 is 125. The first-order valence-electron chi connectivity index (χ1n) is 4.09. The molecule has 0 aliphatic carbocycles. The molecule has 0 aromatic rings. The molecule has 118 valence electrons. The van der Waals surface area contributed by atoms with Crippen LogP contribution in [0.25, 0.3) is 0 Å². The van der Waals surface area contributed by atoms with Gasteiger partial charge in [-0.25, -0.2) is 4.79 Å². The molecule has 0 saturated heterocycles. The summed E-state index contributed by atoms with van der Waals surface area (Å²) in [6.45, 7) is 0. The molecule has 0 aliphatic heterocycles. The molecule has 1 N–H and O–H groups in total. The second kappa shape index (κ2) is 4.48. The summed E-state index contributed by atoms with van der Waals surface area (Å²) in [4.78, 5) is 19.2. The maximum atomic E-state index is 12.6. The average Bonchev–Trinajstić information content (AvgIpc) is 2.27. The van der Waals surface area contributed by atoms with Crippen molar-refractivity contribution in [3.05, 3.63) is 0 Å². The van der Waals surface area contributed by atoms with Crippen molar-refractivity contribution in [3.8, 4) is 0 Å². The molecule has 0 unspecified atom stereocenters. The molecule has 0 aromatic heterocycles. The maximum Gasteiger partial charge on any atom is 0.410 e. The SMILES string of the molecule is O=CC(F)(F)C(F)(F)C(F)(F)C(F)(F)C(F)(F)C(=O)O. The Kier molecular flexibility index (Phi) is 4.13. The van der Waals surface area contributed by atoms with Crippen molar-refractivity contribution in [2.24, 2.45) is 0 Å². The molecular weight excluding hydrogens is 322 g/mol. The Hall–Kier alpha value is -1.56. The molecular formula is C7H2F10O3. The molecule has 0 amide bonds. The van der Waals surface area contributed by atoms with E-state index in [1.165, 1.54) is 0 Å². The molecule has 0 spiro atoms. The number of aliphatic carboxylic acids is 1. The fourth-order valence-electron chi connectivity index (χ4n) is 0.812. The van der Waals surface area contributed by atoms with Crippen molar-refractivity contribution in [1.82, 2.24) is 0 Å². The van der Waals surface area contributed by atoms with Crippen LogP contribution < -0.4 is 0 Å². The molecule has 0 saturated carbocycles. The Bertz CT molecular complexity index is 415.